The SMILES string of the molecule is O=C(CCc1ccccc1Cl)NCc1cc(Cl)c2c(c1)OCCO2. The summed E-state index contributed by atoms with van der Waals surface area (Å²) in [5.74, 6) is 1.15. The van der Waals surface area contributed by atoms with Gasteiger partial charge in [0.1, 0.15) is 13.2 Å². The summed E-state index contributed by atoms with van der Waals surface area (Å²) in [5, 5.41) is 4.06. The summed E-state index contributed by atoms with van der Waals surface area (Å²) in [4.78, 5) is 12.0. The third kappa shape index (κ3) is 4.13. The van der Waals surface area contributed by atoms with Crippen molar-refractivity contribution in [3.8, 4) is 11.5 Å². The number of ether oxygens (including phenoxy) is 2. The Bertz CT molecular complexity index is 749. The van der Waals surface area contributed by atoms with Gasteiger partial charge in [-0.25, -0.2) is 0 Å². The lowest BCUT2D eigenvalue weighted by Gasteiger charge is -2.20. The first-order valence-corrected chi connectivity index (χ1v) is 8.47. The van der Waals surface area contributed by atoms with Crippen LogP contribution in [0.4, 0.5) is 0 Å². The van der Waals surface area contributed by atoms with E-state index in [1.54, 1.807) is 6.07 Å². The van der Waals surface area contributed by atoms with E-state index < -0.39 is 0 Å². The lowest BCUT2D eigenvalue weighted by molar-refractivity contribution is -0.121. The highest BCUT2D eigenvalue weighted by Crippen LogP contribution is 2.38. The Labute approximate surface area is 150 Å². The van der Waals surface area contributed by atoms with Crippen molar-refractivity contribution in [3.05, 3.63) is 57.6 Å². The molecule has 0 bridgehead atoms. The van der Waals surface area contributed by atoms with Gasteiger partial charge in [0.15, 0.2) is 11.5 Å². The number of rotatable bonds is 5. The van der Waals surface area contributed by atoms with Crippen LogP contribution in [-0.4, -0.2) is 19.1 Å². The summed E-state index contributed by atoms with van der Waals surface area (Å²) in [7, 11) is 0. The Hall–Kier alpha value is -1.91. The minimum atomic E-state index is -0.0408. The largest absolute Gasteiger partial charge is 0.486 e. The van der Waals surface area contributed by atoms with Crippen LogP contribution >= 0.6 is 23.2 Å². The van der Waals surface area contributed by atoms with Crippen LogP contribution < -0.4 is 14.8 Å². The smallest absolute Gasteiger partial charge is 0.220 e. The molecule has 0 saturated heterocycles. The van der Waals surface area contributed by atoms with Crippen LogP contribution in [0.3, 0.4) is 0 Å². The molecule has 1 N–H and O–H groups in total. The Kier molecular flexibility index (Phi) is 5.48. The molecular weight excluding hydrogens is 349 g/mol. The highest BCUT2D eigenvalue weighted by molar-refractivity contribution is 6.32. The topological polar surface area (TPSA) is 47.6 Å². The van der Waals surface area contributed by atoms with Crippen molar-refractivity contribution in [1.29, 1.82) is 0 Å². The van der Waals surface area contributed by atoms with Crippen LogP contribution in [0, 0.1) is 0 Å². The van der Waals surface area contributed by atoms with Crippen molar-refractivity contribution in [2.24, 2.45) is 0 Å². The lowest BCUT2D eigenvalue weighted by atomic mass is 10.1. The van der Waals surface area contributed by atoms with E-state index in [2.05, 4.69) is 5.32 Å². The zero-order valence-corrected chi connectivity index (χ0v) is 14.5. The van der Waals surface area contributed by atoms with Crippen LogP contribution in [0.5, 0.6) is 11.5 Å². The average Bonchev–Trinajstić information content (AvgIpc) is 2.59. The van der Waals surface area contributed by atoms with Gasteiger partial charge in [-0.2, -0.15) is 0 Å². The molecule has 126 valence electrons. The lowest BCUT2D eigenvalue weighted by Crippen LogP contribution is -2.23. The molecule has 0 spiro atoms. The number of hydrogen-bond acceptors (Lipinski definition) is 3. The molecule has 0 radical (unpaired) electrons. The van der Waals surface area contributed by atoms with Gasteiger partial charge in [-0.3, -0.25) is 4.79 Å². The maximum absolute atomic E-state index is 12.0. The molecule has 24 heavy (non-hydrogen) atoms. The third-order valence-corrected chi connectivity index (χ3v) is 4.38. The van der Waals surface area contributed by atoms with Crippen LogP contribution in [-0.2, 0) is 17.8 Å². The molecule has 2 aromatic carbocycles. The van der Waals surface area contributed by atoms with E-state index in [1.807, 2.05) is 30.3 Å². The highest BCUT2D eigenvalue weighted by Gasteiger charge is 2.16. The molecule has 0 aromatic heterocycles. The number of aryl methyl sites for hydroxylation is 1. The monoisotopic (exact) mass is 365 g/mol. The van der Waals surface area contributed by atoms with Crippen molar-refractivity contribution >= 4 is 29.1 Å². The van der Waals surface area contributed by atoms with E-state index >= 15 is 0 Å². The fourth-order valence-electron chi connectivity index (χ4n) is 2.50. The number of carbonyl (C=O) groups is 1. The normalized spacial score (nSPS) is 12.8. The van der Waals surface area contributed by atoms with Crippen molar-refractivity contribution in [3.63, 3.8) is 0 Å². The third-order valence-electron chi connectivity index (χ3n) is 3.73. The molecule has 3 rings (SSSR count). The van der Waals surface area contributed by atoms with E-state index in [4.69, 9.17) is 32.7 Å². The van der Waals surface area contributed by atoms with Gasteiger partial charge >= 0.3 is 0 Å². The molecule has 6 heteroatoms. The molecular formula is C18H17Cl2NO3. The Morgan fingerprint density at radius 3 is 2.71 bits per heavy atom. The number of nitrogens with one attached hydrogen (secondary N) is 1. The molecule has 0 fully saturated rings. The minimum absolute atomic E-state index is 0.0408. The molecule has 1 heterocycles. The molecule has 1 aliphatic heterocycles. The van der Waals surface area contributed by atoms with Crippen molar-refractivity contribution in [2.75, 3.05) is 13.2 Å². The molecule has 0 unspecified atom stereocenters. The van der Waals surface area contributed by atoms with Crippen molar-refractivity contribution in [1.82, 2.24) is 5.32 Å². The van der Waals surface area contributed by atoms with E-state index in [0.717, 1.165) is 11.1 Å². The summed E-state index contributed by atoms with van der Waals surface area (Å²) in [6, 6.07) is 11.2. The van der Waals surface area contributed by atoms with Crippen LogP contribution in [0.25, 0.3) is 0 Å². The van der Waals surface area contributed by atoms with Gasteiger partial charge in [0, 0.05) is 18.0 Å². The predicted molar refractivity (Wildman–Crippen MR) is 94.1 cm³/mol. The quantitative estimate of drug-likeness (QED) is 0.870. The standard InChI is InChI=1S/C18H17Cl2NO3/c19-14-4-2-1-3-13(14)5-6-17(22)21-11-12-9-15(20)18-16(10-12)23-7-8-24-18/h1-4,9-10H,5-8,11H2,(H,21,22). The molecule has 0 saturated carbocycles. The molecule has 1 amide bonds. The maximum atomic E-state index is 12.0. The van der Waals surface area contributed by atoms with Crippen molar-refractivity contribution in [2.45, 2.75) is 19.4 Å². The number of halogens is 2. The summed E-state index contributed by atoms with van der Waals surface area (Å²) >= 11 is 12.3. The zero-order valence-electron chi connectivity index (χ0n) is 13.0. The Morgan fingerprint density at radius 2 is 1.88 bits per heavy atom. The molecule has 0 atom stereocenters. The Morgan fingerprint density at radius 1 is 1.08 bits per heavy atom. The first kappa shape index (κ1) is 16.9. The average molecular weight is 366 g/mol. The summed E-state index contributed by atoms with van der Waals surface area (Å²) in [6.45, 7) is 1.37. The minimum Gasteiger partial charge on any atom is -0.486 e. The van der Waals surface area contributed by atoms with Gasteiger partial charge in [-0.05, 0) is 35.7 Å². The molecule has 2 aromatic rings. The van der Waals surface area contributed by atoms with Crippen LogP contribution in [0.15, 0.2) is 36.4 Å². The Balaban J connectivity index is 1.55. The number of amides is 1. The highest BCUT2D eigenvalue weighted by atomic mass is 35.5. The first-order valence-electron chi connectivity index (χ1n) is 7.71. The maximum Gasteiger partial charge on any atom is 0.220 e. The van der Waals surface area contributed by atoms with E-state index in [9.17, 15) is 4.79 Å². The van der Waals surface area contributed by atoms with E-state index in [1.165, 1.54) is 0 Å². The molecule has 0 aliphatic carbocycles. The molecule has 4 nitrogen and oxygen atoms in total. The predicted octanol–water partition coefficient (Wildman–Crippen LogP) is 4.01. The van der Waals surface area contributed by atoms with Crippen LogP contribution in [0.2, 0.25) is 10.0 Å². The van der Waals surface area contributed by atoms with E-state index in [0.29, 0.717) is 54.1 Å². The van der Waals surface area contributed by atoms with Gasteiger partial charge < -0.3 is 14.8 Å². The summed E-state index contributed by atoms with van der Waals surface area (Å²) in [5.41, 5.74) is 1.84. The van der Waals surface area contributed by atoms with Gasteiger partial charge in [0.2, 0.25) is 5.91 Å². The number of fused-ring (bicyclic) bond motifs is 1. The van der Waals surface area contributed by atoms with Crippen molar-refractivity contribution < 1.29 is 14.3 Å². The fourth-order valence-corrected chi connectivity index (χ4v) is 3.02. The second-order valence-corrected chi connectivity index (χ2v) is 6.28. The number of hydrogen-bond donors (Lipinski definition) is 1. The number of benzene rings is 2. The van der Waals surface area contributed by atoms with Crippen LogP contribution in [0.1, 0.15) is 17.5 Å². The van der Waals surface area contributed by atoms with Gasteiger partial charge in [-0.1, -0.05) is 41.4 Å². The van der Waals surface area contributed by atoms with Gasteiger partial charge in [-0.15, -0.1) is 0 Å². The van der Waals surface area contributed by atoms with Gasteiger partial charge in [0.25, 0.3) is 0 Å². The van der Waals surface area contributed by atoms with E-state index in [-0.39, 0.29) is 5.91 Å². The first-order chi connectivity index (χ1) is 11.6. The molecule has 1 aliphatic rings. The summed E-state index contributed by atoms with van der Waals surface area (Å²) < 4.78 is 11.0. The fraction of sp³-hybridized carbons (Fsp3) is 0.278. The zero-order chi connectivity index (χ0) is 16.9. The second kappa shape index (κ2) is 7.77. The van der Waals surface area contributed by atoms with Gasteiger partial charge in [0.05, 0.1) is 5.02 Å². The second-order valence-electron chi connectivity index (χ2n) is 5.47. The number of carbonyl (C=O) groups excluding carboxylic acids is 1. The summed E-state index contributed by atoms with van der Waals surface area (Å²) in [6.07, 6.45) is 0.982.